The number of nitrogens with one attached hydrogen (secondary N) is 1. The zero-order valence-corrected chi connectivity index (χ0v) is 15.3. The normalized spacial score (nSPS) is 15.2. The van der Waals surface area contributed by atoms with Crippen molar-refractivity contribution in [2.75, 3.05) is 7.05 Å². The van der Waals surface area contributed by atoms with Gasteiger partial charge in [-0.05, 0) is 44.4 Å². The lowest BCUT2D eigenvalue weighted by Gasteiger charge is -2.31. The van der Waals surface area contributed by atoms with Gasteiger partial charge in [-0.25, -0.2) is 14.5 Å². The van der Waals surface area contributed by atoms with Crippen LogP contribution in [-0.4, -0.2) is 38.8 Å². The predicted molar refractivity (Wildman–Crippen MR) is 97.7 cm³/mol. The summed E-state index contributed by atoms with van der Waals surface area (Å²) < 4.78 is 1.83. The summed E-state index contributed by atoms with van der Waals surface area (Å²) in [5.74, 6) is 0.792. The Labute approximate surface area is 149 Å². The Hall–Kier alpha value is -2.37. The molecular formula is C19H27N5O. The van der Waals surface area contributed by atoms with E-state index in [9.17, 15) is 4.79 Å². The third kappa shape index (κ3) is 4.18. The van der Waals surface area contributed by atoms with Crippen molar-refractivity contribution < 1.29 is 4.79 Å². The van der Waals surface area contributed by atoms with Gasteiger partial charge in [-0.3, -0.25) is 0 Å². The second kappa shape index (κ2) is 7.68. The molecule has 0 aromatic carbocycles. The summed E-state index contributed by atoms with van der Waals surface area (Å²) in [5.41, 5.74) is 3.01. The molecule has 0 atom stereocenters. The molecule has 134 valence electrons. The number of aromatic nitrogens is 3. The summed E-state index contributed by atoms with van der Waals surface area (Å²) in [4.78, 5) is 18.7. The number of carbonyl (C=O) groups excluding carboxylic acids is 1. The fourth-order valence-electron chi connectivity index (χ4n) is 3.44. The van der Waals surface area contributed by atoms with Crippen molar-refractivity contribution in [3.63, 3.8) is 0 Å². The third-order valence-corrected chi connectivity index (χ3v) is 4.92. The fourth-order valence-corrected chi connectivity index (χ4v) is 3.44. The lowest BCUT2D eigenvalue weighted by atomic mass is 9.95. The monoisotopic (exact) mass is 341 g/mol. The van der Waals surface area contributed by atoms with E-state index < -0.39 is 0 Å². The van der Waals surface area contributed by atoms with E-state index in [1.54, 1.807) is 6.20 Å². The topological polar surface area (TPSA) is 63.1 Å². The minimum atomic E-state index is -0.00507. The van der Waals surface area contributed by atoms with Crippen LogP contribution in [0, 0.1) is 13.8 Å². The van der Waals surface area contributed by atoms with Gasteiger partial charge >= 0.3 is 6.03 Å². The molecule has 2 aromatic heterocycles. The van der Waals surface area contributed by atoms with E-state index in [2.05, 4.69) is 15.4 Å². The number of pyridine rings is 1. The first-order chi connectivity index (χ1) is 12.0. The molecule has 1 N–H and O–H groups in total. The van der Waals surface area contributed by atoms with Crippen LogP contribution >= 0.6 is 0 Å². The fraction of sp³-hybridized carbons (Fsp3) is 0.526. The average Bonchev–Trinajstić information content (AvgIpc) is 2.98. The number of hydrogen-bond acceptors (Lipinski definition) is 3. The highest BCUT2D eigenvalue weighted by Crippen LogP contribution is 2.21. The Bertz CT molecular complexity index is 716. The van der Waals surface area contributed by atoms with Crippen LogP contribution in [0.4, 0.5) is 4.79 Å². The van der Waals surface area contributed by atoms with Crippen molar-refractivity contribution >= 4 is 6.03 Å². The van der Waals surface area contributed by atoms with E-state index in [0.29, 0.717) is 12.6 Å². The number of nitrogens with zero attached hydrogens (tertiary/aromatic N) is 4. The number of urea groups is 1. The van der Waals surface area contributed by atoms with Crippen molar-refractivity contribution in [2.24, 2.45) is 0 Å². The van der Waals surface area contributed by atoms with E-state index in [0.717, 1.165) is 35.6 Å². The van der Waals surface area contributed by atoms with E-state index >= 15 is 0 Å². The zero-order valence-electron chi connectivity index (χ0n) is 15.3. The van der Waals surface area contributed by atoms with E-state index in [1.807, 2.05) is 48.7 Å². The number of carbonyl (C=O) groups is 1. The van der Waals surface area contributed by atoms with Gasteiger partial charge in [0.2, 0.25) is 0 Å². The number of amides is 2. The smallest absolute Gasteiger partial charge is 0.317 e. The lowest BCUT2D eigenvalue weighted by molar-refractivity contribution is 0.173. The van der Waals surface area contributed by atoms with Crippen molar-refractivity contribution in [1.82, 2.24) is 25.0 Å². The van der Waals surface area contributed by atoms with Gasteiger partial charge in [-0.15, -0.1) is 0 Å². The van der Waals surface area contributed by atoms with Crippen molar-refractivity contribution in [3.05, 3.63) is 41.3 Å². The van der Waals surface area contributed by atoms with Gasteiger partial charge < -0.3 is 10.2 Å². The molecule has 25 heavy (non-hydrogen) atoms. The maximum absolute atomic E-state index is 12.3. The molecule has 1 aliphatic carbocycles. The predicted octanol–water partition coefficient (Wildman–Crippen LogP) is 3.36. The molecule has 2 heterocycles. The first-order valence-electron chi connectivity index (χ1n) is 9.04. The molecule has 0 unspecified atom stereocenters. The first-order valence-corrected chi connectivity index (χ1v) is 9.04. The summed E-state index contributed by atoms with van der Waals surface area (Å²) in [6.07, 6.45) is 7.76. The standard InChI is InChI=1S/C19H27N5O/c1-14-11-15(2)24(22-14)18-10-9-16(12-20-18)13-21-19(25)23(3)17-7-5-4-6-8-17/h9-12,17H,4-8,13H2,1-3H3,(H,21,25). The van der Waals surface area contributed by atoms with Crippen LogP contribution in [0.15, 0.2) is 24.4 Å². The Morgan fingerprint density at radius 1 is 1.28 bits per heavy atom. The maximum atomic E-state index is 12.3. The quantitative estimate of drug-likeness (QED) is 0.927. The van der Waals surface area contributed by atoms with Crippen LogP contribution in [0.25, 0.3) is 5.82 Å². The molecular weight excluding hydrogens is 314 g/mol. The highest BCUT2D eigenvalue weighted by molar-refractivity contribution is 5.74. The third-order valence-electron chi connectivity index (χ3n) is 4.92. The van der Waals surface area contributed by atoms with Crippen LogP contribution in [0.3, 0.4) is 0 Å². The molecule has 6 nitrogen and oxygen atoms in total. The number of rotatable bonds is 4. The van der Waals surface area contributed by atoms with Crippen LogP contribution in [0.1, 0.15) is 49.1 Å². The largest absolute Gasteiger partial charge is 0.334 e. The lowest BCUT2D eigenvalue weighted by Crippen LogP contribution is -2.44. The van der Waals surface area contributed by atoms with Crippen LogP contribution in [0.5, 0.6) is 0 Å². The van der Waals surface area contributed by atoms with Gasteiger partial charge in [-0.1, -0.05) is 25.3 Å². The first kappa shape index (κ1) is 17.5. The Kier molecular flexibility index (Phi) is 5.36. The van der Waals surface area contributed by atoms with Crippen molar-refractivity contribution in [3.8, 4) is 5.82 Å². The minimum Gasteiger partial charge on any atom is -0.334 e. The second-order valence-electron chi connectivity index (χ2n) is 6.92. The van der Waals surface area contributed by atoms with Crippen molar-refractivity contribution in [2.45, 2.75) is 58.5 Å². The molecule has 0 bridgehead atoms. The van der Waals surface area contributed by atoms with Gasteiger partial charge in [0.05, 0.1) is 5.69 Å². The summed E-state index contributed by atoms with van der Waals surface area (Å²) in [6.45, 7) is 4.47. The molecule has 2 aromatic rings. The molecule has 0 spiro atoms. The zero-order chi connectivity index (χ0) is 17.8. The van der Waals surface area contributed by atoms with Gasteiger partial charge in [0, 0.05) is 31.5 Å². The number of aryl methyl sites for hydroxylation is 2. The molecule has 0 aliphatic heterocycles. The SMILES string of the molecule is Cc1cc(C)n(-c2ccc(CNC(=O)N(C)C3CCCCC3)cn2)n1. The molecule has 1 fully saturated rings. The highest BCUT2D eigenvalue weighted by atomic mass is 16.2. The summed E-state index contributed by atoms with van der Waals surface area (Å²) in [6, 6.07) is 6.32. The Morgan fingerprint density at radius 3 is 2.64 bits per heavy atom. The molecule has 2 amide bonds. The van der Waals surface area contributed by atoms with E-state index in [4.69, 9.17) is 0 Å². The molecule has 1 aliphatic rings. The minimum absolute atomic E-state index is 0.00507. The molecule has 1 saturated carbocycles. The van der Waals surface area contributed by atoms with Crippen LogP contribution in [0.2, 0.25) is 0 Å². The highest BCUT2D eigenvalue weighted by Gasteiger charge is 2.21. The maximum Gasteiger partial charge on any atom is 0.317 e. The van der Waals surface area contributed by atoms with Gasteiger partial charge in [0.1, 0.15) is 0 Å². The summed E-state index contributed by atoms with van der Waals surface area (Å²) >= 11 is 0. The van der Waals surface area contributed by atoms with E-state index in [1.165, 1.54) is 19.3 Å². The van der Waals surface area contributed by atoms with Gasteiger partial charge in [-0.2, -0.15) is 5.10 Å². The van der Waals surface area contributed by atoms with Crippen molar-refractivity contribution in [1.29, 1.82) is 0 Å². The number of hydrogen-bond donors (Lipinski definition) is 1. The summed E-state index contributed by atoms with van der Waals surface area (Å²) in [5, 5.41) is 7.43. The van der Waals surface area contributed by atoms with Gasteiger partial charge in [0.15, 0.2) is 5.82 Å². The van der Waals surface area contributed by atoms with E-state index in [-0.39, 0.29) is 6.03 Å². The summed E-state index contributed by atoms with van der Waals surface area (Å²) in [7, 11) is 1.90. The molecule has 6 heteroatoms. The molecule has 0 saturated heterocycles. The van der Waals surface area contributed by atoms with Crippen LogP contribution in [-0.2, 0) is 6.54 Å². The molecule has 3 rings (SSSR count). The second-order valence-corrected chi connectivity index (χ2v) is 6.92. The van der Waals surface area contributed by atoms with Gasteiger partial charge in [0.25, 0.3) is 0 Å². The average molecular weight is 341 g/mol. The molecule has 0 radical (unpaired) electrons. The van der Waals surface area contributed by atoms with Crippen LogP contribution < -0.4 is 5.32 Å². The Morgan fingerprint density at radius 2 is 2.04 bits per heavy atom. The Balaban J connectivity index is 1.56.